The summed E-state index contributed by atoms with van der Waals surface area (Å²) in [5.74, 6) is -2.32. The zero-order chi connectivity index (χ0) is 12.3. The quantitative estimate of drug-likeness (QED) is 0.478. The van der Waals surface area contributed by atoms with Crippen LogP contribution in [0.3, 0.4) is 0 Å². The third kappa shape index (κ3) is 1.66. The Morgan fingerprint density at radius 3 is 2.19 bits per heavy atom. The van der Waals surface area contributed by atoms with Crippen LogP contribution < -0.4 is 0 Å². The van der Waals surface area contributed by atoms with E-state index < -0.39 is 28.3 Å². The second kappa shape index (κ2) is 4.54. The van der Waals surface area contributed by atoms with Crippen LogP contribution in [-0.4, -0.2) is 51.7 Å². The molecule has 6 heteroatoms. The SMILES string of the molecule is CC[N+]1([C@@H](CCO)C(=O)O)C(=O)C=CC1=O. The number of carboxylic acid groups (broad SMARTS) is 1. The Hall–Kier alpha value is -1.53. The van der Waals surface area contributed by atoms with E-state index in [9.17, 15) is 14.4 Å². The average Bonchev–Trinajstić information content (AvgIpc) is 2.52. The Morgan fingerprint density at radius 1 is 1.38 bits per heavy atom. The van der Waals surface area contributed by atoms with Gasteiger partial charge in [-0.25, -0.2) is 14.4 Å². The first-order valence-electron chi connectivity index (χ1n) is 4.99. The fraction of sp³-hybridized carbons (Fsp3) is 0.500. The molecule has 0 bridgehead atoms. The van der Waals surface area contributed by atoms with Crippen molar-refractivity contribution in [3.8, 4) is 0 Å². The molecule has 1 rings (SSSR count). The Labute approximate surface area is 92.4 Å². The minimum Gasteiger partial charge on any atom is -0.477 e. The van der Waals surface area contributed by atoms with Crippen molar-refractivity contribution in [2.24, 2.45) is 0 Å². The van der Waals surface area contributed by atoms with Crippen molar-refractivity contribution in [3.05, 3.63) is 12.2 Å². The number of carbonyl (C=O) groups is 3. The van der Waals surface area contributed by atoms with E-state index in [1.165, 1.54) is 0 Å². The van der Waals surface area contributed by atoms with Gasteiger partial charge in [-0.1, -0.05) is 0 Å². The molecule has 16 heavy (non-hydrogen) atoms. The largest absolute Gasteiger partial charge is 0.477 e. The van der Waals surface area contributed by atoms with E-state index in [4.69, 9.17) is 10.2 Å². The van der Waals surface area contributed by atoms with Gasteiger partial charge in [0.25, 0.3) is 0 Å². The Balaban J connectivity index is 3.16. The van der Waals surface area contributed by atoms with E-state index in [-0.39, 0.29) is 19.6 Å². The van der Waals surface area contributed by atoms with E-state index in [1.54, 1.807) is 6.92 Å². The number of aliphatic carboxylic acids is 1. The van der Waals surface area contributed by atoms with Crippen LogP contribution in [0.15, 0.2) is 12.2 Å². The number of carbonyl (C=O) groups excluding carboxylic acids is 2. The van der Waals surface area contributed by atoms with E-state index in [0.717, 1.165) is 12.2 Å². The predicted molar refractivity (Wildman–Crippen MR) is 53.1 cm³/mol. The molecule has 0 aromatic carbocycles. The van der Waals surface area contributed by atoms with Crippen molar-refractivity contribution >= 4 is 17.8 Å². The van der Waals surface area contributed by atoms with Gasteiger partial charge in [0.1, 0.15) is 0 Å². The average molecular weight is 228 g/mol. The van der Waals surface area contributed by atoms with Crippen molar-refractivity contribution in [1.29, 1.82) is 0 Å². The Morgan fingerprint density at radius 2 is 1.88 bits per heavy atom. The summed E-state index contributed by atoms with van der Waals surface area (Å²) < 4.78 is -0.754. The maximum absolute atomic E-state index is 11.7. The van der Waals surface area contributed by atoms with Gasteiger partial charge in [-0.2, -0.15) is 4.48 Å². The zero-order valence-corrected chi connectivity index (χ0v) is 8.92. The summed E-state index contributed by atoms with van der Waals surface area (Å²) in [5.41, 5.74) is 0. The molecule has 0 radical (unpaired) electrons. The van der Waals surface area contributed by atoms with E-state index in [1.807, 2.05) is 0 Å². The highest BCUT2D eigenvalue weighted by molar-refractivity contribution is 6.05. The van der Waals surface area contributed by atoms with E-state index >= 15 is 0 Å². The molecule has 2 amide bonds. The number of aliphatic hydroxyl groups excluding tert-OH is 1. The van der Waals surface area contributed by atoms with Crippen molar-refractivity contribution in [3.63, 3.8) is 0 Å². The number of amides is 2. The molecule has 1 aliphatic rings. The molecule has 2 N–H and O–H groups in total. The highest BCUT2D eigenvalue weighted by Gasteiger charge is 2.53. The van der Waals surface area contributed by atoms with Gasteiger partial charge in [0.05, 0.1) is 18.7 Å². The van der Waals surface area contributed by atoms with Gasteiger partial charge in [-0.15, -0.1) is 0 Å². The number of carboxylic acids is 1. The first-order chi connectivity index (χ1) is 7.50. The smallest absolute Gasteiger partial charge is 0.363 e. The molecule has 1 heterocycles. The molecule has 0 saturated carbocycles. The molecule has 0 spiro atoms. The van der Waals surface area contributed by atoms with Crippen molar-refractivity contribution in [1.82, 2.24) is 0 Å². The van der Waals surface area contributed by atoms with Gasteiger partial charge >= 0.3 is 17.8 Å². The van der Waals surface area contributed by atoms with Crippen molar-refractivity contribution in [2.45, 2.75) is 19.4 Å². The molecule has 0 aliphatic carbocycles. The minimum atomic E-state index is -1.25. The lowest BCUT2D eigenvalue weighted by Gasteiger charge is -2.32. The fourth-order valence-corrected chi connectivity index (χ4v) is 2.01. The molecular formula is C10H14NO5+. The summed E-state index contributed by atoms with van der Waals surface area (Å²) in [5, 5.41) is 17.8. The maximum atomic E-state index is 11.7. The highest BCUT2D eigenvalue weighted by Crippen LogP contribution is 2.24. The van der Waals surface area contributed by atoms with Crippen LogP contribution in [0, 0.1) is 0 Å². The summed E-state index contributed by atoms with van der Waals surface area (Å²) in [7, 11) is 0. The van der Waals surface area contributed by atoms with Crippen LogP contribution in [-0.2, 0) is 14.4 Å². The number of aliphatic hydroxyl groups is 1. The van der Waals surface area contributed by atoms with E-state index in [2.05, 4.69) is 0 Å². The molecule has 0 fully saturated rings. The lowest BCUT2D eigenvalue weighted by atomic mass is 10.1. The Bertz CT molecular complexity index is 342. The first kappa shape index (κ1) is 12.5. The second-order valence-electron chi connectivity index (χ2n) is 3.56. The number of rotatable bonds is 5. The number of hydrogen-bond donors (Lipinski definition) is 2. The Kier molecular flexibility index (Phi) is 3.56. The first-order valence-corrected chi connectivity index (χ1v) is 4.99. The van der Waals surface area contributed by atoms with E-state index in [0.29, 0.717) is 0 Å². The molecule has 88 valence electrons. The number of likely N-dealkylation sites (N-methyl/N-ethyl adjacent to an activating group) is 1. The topological polar surface area (TPSA) is 91.7 Å². The monoisotopic (exact) mass is 228 g/mol. The van der Waals surface area contributed by atoms with Gasteiger partial charge in [-0.3, -0.25) is 0 Å². The number of imide groups is 1. The summed E-state index contributed by atoms with van der Waals surface area (Å²) in [6.45, 7) is 1.27. The van der Waals surface area contributed by atoms with Crippen molar-refractivity contribution in [2.75, 3.05) is 13.2 Å². The van der Waals surface area contributed by atoms with Crippen LogP contribution in [0.1, 0.15) is 13.3 Å². The fourth-order valence-electron chi connectivity index (χ4n) is 2.01. The lowest BCUT2D eigenvalue weighted by Crippen LogP contribution is -2.62. The van der Waals surface area contributed by atoms with Crippen LogP contribution in [0.4, 0.5) is 0 Å². The third-order valence-electron chi connectivity index (χ3n) is 2.87. The van der Waals surface area contributed by atoms with Crippen LogP contribution in [0.25, 0.3) is 0 Å². The summed E-state index contributed by atoms with van der Waals surface area (Å²) in [6.07, 6.45) is 2.07. The summed E-state index contributed by atoms with van der Waals surface area (Å²) in [6, 6.07) is -1.22. The van der Waals surface area contributed by atoms with Crippen molar-refractivity contribution < 1.29 is 29.1 Å². The zero-order valence-electron chi connectivity index (χ0n) is 8.92. The van der Waals surface area contributed by atoms with Gasteiger partial charge in [0, 0.05) is 13.0 Å². The van der Waals surface area contributed by atoms with Crippen LogP contribution in [0.5, 0.6) is 0 Å². The summed E-state index contributed by atoms with van der Waals surface area (Å²) >= 11 is 0. The normalized spacial score (nSPS) is 20.1. The second-order valence-corrected chi connectivity index (χ2v) is 3.56. The molecule has 0 aromatic rings. The predicted octanol–water partition coefficient (Wildman–Crippen LogP) is -0.718. The molecule has 6 nitrogen and oxygen atoms in total. The number of hydrogen-bond acceptors (Lipinski definition) is 4. The molecule has 1 atom stereocenters. The molecule has 0 aromatic heterocycles. The van der Waals surface area contributed by atoms with Gasteiger partial charge in [0.2, 0.25) is 6.04 Å². The highest BCUT2D eigenvalue weighted by atomic mass is 16.4. The van der Waals surface area contributed by atoms with Crippen LogP contribution >= 0.6 is 0 Å². The maximum Gasteiger partial charge on any atom is 0.363 e. The standard InChI is InChI=1S/C10H13NO5/c1-2-11(7(5-6-12)10(15)16)8(13)3-4-9(11)14/h3-4,7,12H,2,5-6H2,1H3/p+1/t7-/m0/s1. The number of quaternary nitrogens is 1. The van der Waals surface area contributed by atoms with Gasteiger partial charge < -0.3 is 10.2 Å². The molecular weight excluding hydrogens is 214 g/mol. The molecule has 0 unspecified atom stereocenters. The molecule has 0 saturated heterocycles. The molecule has 1 aliphatic heterocycles. The van der Waals surface area contributed by atoms with Gasteiger partial charge in [0.15, 0.2) is 0 Å². The third-order valence-corrected chi connectivity index (χ3v) is 2.87. The summed E-state index contributed by atoms with van der Waals surface area (Å²) in [4.78, 5) is 34.4. The number of nitrogens with zero attached hydrogens (tertiary/aromatic N) is 1. The van der Waals surface area contributed by atoms with Gasteiger partial charge in [-0.05, 0) is 6.92 Å². The minimum absolute atomic E-state index is 0.0711. The van der Waals surface area contributed by atoms with Crippen LogP contribution in [0.2, 0.25) is 0 Å². The lowest BCUT2D eigenvalue weighted by molar-refractivity contribution is -0.788.